The van der Waals surface area contributed by atoms with Crippen molar-refractivity contribution in [1.82, 2.24) is 4.57 Å². The van der Waals surface area contributed by atoms with Crippen molar-refractivity contribution >= 4 is 22.8 Å². The van der Waals surface area contributed by atoms with Crippen LogP contribution in [0.2, 0.25) is 0 Å². The van der Waals surface area contributed by atoms with Crippen molar-refractivity contribution in [3.8, 4) is 0 Å². The lowest BCUT2D eigenvalue weighted by Gasteiger charge is -2.27. The summed E-state index contributed by atoms with van der Waals surface area (Å²) < 4.78 is 47.7. The summed E-state index contributed by atoms with van der Waals surface area (Å²) in [7, 11) is 0. The van der Waals surface area contributed by atoms with E-state index in [0.717, 1.165) is 17.8 Å². The normalized spacial score (nSPS) is 13.8. The summed E-state index contributed by atoms with van der Waals surface area (Å²) in [5.74, 6) is -3.23. The number of hydrogen-bond donors (Lipinski definition) is 2. The van der Waals surface area contributed by atoms with Crippen molar-refractivity contribution in [2.75, 3.05) is 6.61 Å². The number of hydrogen-bond acceptors (Lipinski definition) is 4. The summed E-state index contributed by atoms with van der Waals surface area (Å²) in [6.45, 7) is 1.08. The van der Waals surface area contributed by atoms with Gasteiger partial charge in [-0.1, -0.05) is 30.3 Å². The first-order chi connectivity index (χ1) is 14.1. The molecule has 0 radical (unpaired) electrons. The zero-order chi connectivity index (χ0) is 22.1. The Bertz CT molecular complexity index is 1090. The van der Waals surface area contributed by atoms with E-state index < -0.39 is 29.3 Å². The standard InChI is InChI=1S/C21H18F3NO5/c1-2-30-19(28)20(29,21(22,23)24)16-12-25(11-13-6-4-3-5-7-13)17-9-8-14(18(26)27)10-15(16)17/h3-10,12,29H,2,11H2,1H3,(H,26,27). The van der Waals surface area contributed by atoms with Gasteiger partial charge in [0.15, 0.2) is 0 Å². The van der Waals surface area contributed by atoms with Gasteiger partial charge < -0.3 is 19.5 Å². The van der Waals surface area contributed by atoms with E-state index in [2.05, 4.69) is 4.74 Å². The lowest BCUT2D eigenvalue weighted by atomic mass is 9.92. The molecule has 0 aliphatic heterocycles. The van der Waals surface area contributed by atoms with Crippen LogP contribution in [0.15, 0.2) is 54.7 Å². The van der Waals surface area contributed by atoms with Crippen molar-refractivity contribution < 1.29 is 37.7 Å². The van der Waals surface area contributed by atoms with Gasteiger partial charge in [-0.05, 0) is 30.7 Å². The SMILES string of the molecule is CCOC(=O)C(O)(c1cn(Cc2ccccc2)c2ccc(C(=O)O)cc12)C(F)(F)F. The number of aliphatic hydroxyl groups is 1. The molecule has 2 aromatic carbocycles. The second-order valence-electron chi connectivity index (χ2n) is 6.62. The third-order valence-corrected chi connectivity index (χ3v) is 4.69. The molecule has 1 aromatic heterocycles. The number of carboxylic acid groups (broad SMARTS) is 1. The first-order valence-electron chi connectivity index (χ1n) is 8.96. The van der Waals surface area contributed by atoms with Crippen LogP contribution in [0, 0.1) is 0 Å². The number of esters is 1. The Morgan fingerprint density at radius 3 is 2.33 bits per heavy atom. The summed E-state index contributed by atoms with van der Waals surface area (Å²) in [5.41, 5.74) is -4.04. The molecular formula is C21H18F3NO5. The number of benzene rings is 2. The van der Waals surface area contributed by atoms with Gasteiger partial charge in [-0.3, -0.25) is 0 Å². The third-order valence-electron chi connectivity index (χ3n) is 4.69. The number of aromatic nitrogens is 1. The maximum absolute atomic E-state index is 13.9. The molecule has 0 spiro atoms. The van der Waals surface area contributed by atoms with Crippen LogP contribution in [0.1, 0.15) is 28.4 Å². The molecule has 1 heterocycles. The number of carbonyl (C=O) groups excluding carboxylic acids is 1. The van der Waals surface area contributed by atoms with Gasteiger partial charge in [0.05, 0.1) is 12.2 Å². The number of fused-ring (bicyclic) bond motifs is 1. The molecule has 6 nitrogen and oxygen atoms in total. The molecule has 158 valence electrons. The molecular weight excluding hydrogens is 403 g/mol. The molecule has 3 aromatic rings. The van der Waals surface area contributed by atoms with Crippen LogP contribution < -0.4 is 0 Å². The van der Waals surface area contributed by atoms with Gasteiger partial charge in [-0.15, -0.1) is 0 Å². The molecule has 2 N–H and O–H groups in total. The average molecular weight is 421 g/mol. The summed E-state index contributed by atoms with van der Waals surface area (Å²) >= 11 is 0. The van der Waals surface area contributed by atoms with E-state index in [4.69, 9.17) is 0 Å². The van der Waals surface area contributed by atoms with Gasteiger partial charge in [0, 0.05) is 29.2 Å². The molecule has 0 saturated heterocycles. The Labute approximate surface area is 169 Å². The Balaban J connectivity index is 2.29. The van der Waals surface area contributed by atoms with Crippen LogP contribution in [0.4, 0.5) is 13.2 Å². The third kappa shape index (κ3) is 3.63. The minimum Gasteiger partial charge on any atom is -0.478 e. The van der Waals surface area contributed by atoms with E-state index >= 15 is 0 Å². The number of aromatic carboxylic acids is 1. The van der Waals surface area contributed by atoms with Crippen LogP contribution in [0.5, 0.6) is 0 Å². The molecule has 0 amide bonds. The summed E-state index contributed by atoms with van der Waals surface area (Å²) in [6.07, 6.45) is -4.39. The van der Waals surface area contributed by atoms with E-state index in [9.17, 15) is 33.0 Å². The molecule has 9 heteroatoms. The predicted molar refractivity (Wildman–Crippen MR) is 101 cm³/mol. The Morgan fingerprint density at radius 1 is 1.10 bits per heavy atom. The van der Waals surface area contributed by atoms with Crippen molar-refractivity contribution in [2.45, 2.75) is 25.2 Å². The van der Waals surface area contributed by atoms with Crippen molar-refractivity contribution in [3.63, 3.8) is 0 Å². The highest BCUT2D eigenvalue weighted by molar-refractivity contribution is 5.98. The maximum atomic E-state index is 13.9. The van der Waals surface area contributed by atoms with Crippen molar-refractivity contribution in [3.05, 3.63) is 71.4 Å². The first-order valence-corrected chi connectivity index (χ1v) is 8.96. The van der Waals surface area contributed by atoms with E-state index in [1.807, 2.05) is 0 Å². The number of carboxylic acids is 1. The lowest BCUT2D eigenvalue weighted by molar-refractivity contribution is -0.267. The van der Waals surface area contributed by atoms with E-state index in [1.54, 1.807) is 30.3 Å². The van der Waals surface area contributed by atoms with Gasteiger partial charge in [0.2, 0.25) is 0 Å². The van der Waals surface area contributed by atoms with Crippen LogP contribution in [-0.4, -0.2) is 39.5 Å². The number of rotatable bonds is 6. The van der Waals surface area contributed by atoms with E-state index in [1.165, 1.54) is 23.6 Å². The highest BCUT2D eigenvalue weighted by atomic mass is 19.4. The van der Waals surface area contributed by atoms with Crippen molar-refractivity contribution in [1.29, 1.82) is 0 Å². The second kappa shape index (κ2) is 7.83. The van der Waals surface area contributed by atoms with Crippen LogP contribution in [0.25, 0.3) is 10.9 Å². The van der Waals surface area contributed by atoms with E-state index in [0.29, 0.717) is 0 Å². The first kappa shape index (κ1) is 21.4. The van der Waals surface area contributed by atoms with E-state index in [-0.39, 0.29) is 29.6 Å². The molecule has 0 saturated carbocycles. The minimum absolute atomic E-state index is 0.139. The molecule has 30 heavy (non-hydrogen) atoms. The molecule has 0 fully saturated rings. The van der Waals surface area contributed by atoms with Gasteiger partial charge in [0.25, 0.3) is 5.60 Å². The van der Waals surface area contributed by atoms with Gasteiger partial charge in [-0.25, -0.2) is 9.59 Å². The fourth-order valence-corrected chi connectivity index (χ4v) is 3.24. The average Bonchev–Trinajstić information content (AvgIpc) is 3.05. The maximum Gasteiger partial charge on any atom is 0.432 e. The number of ether oxygens (including phenoxy) is 1. The quantitative estimate of drug-likeness (QED) is 0.593. The monoisotopic (exact) mass is 421 g/mol. The fourth-order valence-electron chi connectivity index (χ4n) is 3.24. The topological polar surface area (TPSA) is 88.8 Å². The van der Waals surface area contributed by atoms with Gasteiger partial charge >= 0.3 is 18.1 Å². The highest BCUT2D eigenvalue weighted by Gasteiger charge is 2.63. The molecule has 0 bridgehead atoms. The summed E-state index contributed by atoms with van der Waals surface area (Å²) in [4.78, 5) is 23.6. The zero-order valence-electron chi connectivity index (χ0n) is 15.8. The minimum atomic E-state index is -5.40. The lowest BCUT2D eigenvalue weighted by Crippen LogP contribution is -2.50. The Hall–Kier alpha value is -3.33. The fraction of sp³-hybridized carbons (Fsp3) is 0.238. The second-order valence-corrected chi connectivity index (χ2v) is 6.62. The highest BCUT2D eigenvalue weighted by Crippen LogP contribution is 2.43. The number of halogens is 3. The molecule has 0 aliphatic carbocycles. The van der Waals surface area contributed by atoms with Gasteiger partial charge in [0.1, 0.15) is 0 Å². The Kier molecular flexibility index (Phi) is 5.58. The number of alkyl halides is 3. The predicted octanol–water partition coefficient (Wildman–Crippen LogP) is 3.70. The van der Waals surface area contributed by atoms with Crippen LogP contribution in [-0.2, 0) is 21.7 Å². The molecule has 0 aliphatic rings. The summed E-state index contributed by atoms with van der Waals surface area (Å²) in [6, 6.07) is 12.4. The Morgan fingerprint density at radius 2 is 1.77 bits per heavy atom. The number of carbonyl (C=O) groups is 2. The van der Waals surface area contributed by atoms with Crippen LogP contribution in [0.3, 0.4) is 0 Å². The smallest absolute Gasteiger partial charge is 0.432 e. The zero-order valence-corrected chi connectivity index (χ0v) is 15.8. The molecule has 1 unspecified atom stereocenters. The largest absolute Gasteiger partial charge is 0.478 e. The number of nitrogens with zero attached hydrogens (tertiary/aromatic N) is 1. The van der Waals surface area contributed by atoms with Crippen molar-refractivity contribution in [2.24, 2.45) is 0 Å². The molecule has 3 rings (SSSR count). The summed E-state index contributed by atoms with van der Waals surface area (Å²) in [5, 5.41) is 19.6. The van der Waals surface area contributed by atoms with Gasteiger partial charge in [-0.2, -0.15) is 13.2 Å². The van der Waals surface area contributed by atoms with Crippen LogP contribution >= 0.6 is 0 Å². The molecule has 1 atom stereocenters.